The van der Waals surface area contributed by atoms with E-state index in [1.165, 1.54) is 0 Å². The molecule has 0 amide bonds. The quantitative estimate of drug-likeness (QED) is 0.375. The molecule has 1 aromatic heterocycles. The number of furan rings is 1. The highest BCUT2D eigenvalue weighted by molar-refractivity contribution is 6.21. The predicted molar refractivity (Wildman–Crippen MR) is 114 cm³/mol. The van der Waals surface area contributed by atoms with Crippen LogP contribution >= 0.6 is 11.6 Å². The van der Waals surface area contributed by atoms with Crippen molar-refractivity contribution in [2.75, 3.05) is 13.7 Å². The minimum absolute atomic E-state index is 0.0229. The minimum atomic E-state index is -0.860. The van der Waals surface area contributed by atoms with Gasteiger partial charge in [-0.15, -0.1) is 11.6 Å². The van der Waals surface area contributed by atoms with Crippen molar-refractivity contribution in [3.8, 4) is 5.75 Å². The predicted octanol–water partition coefficient (Wildman–Crippen LogP) is 6.75. The normalized spacial score (nSPS) is 25.2. The van der Waals surface area contributed by atoms with Gasteiger partial charge < -0.3 is 13.9 Å². The van der Waals surface area contributed by atoms with Gasteiger partial charge in [0.2, 0.25) is 0 Å². The molecule has 160 valence electrons. The van der Waals surface area contributed by atoms with Gasteiger partial charge in [-0.3, -0.25) is 0 Å². The Morgan fingerprint density at radius 2 is 2.00 bits per heavy atom. The molecule has 5 heteroatoms. The number of ether oxygens (including phenoxy) is 2. The van der Waals surface area contributed by atoms with Crippen molar-refractivity contribution in [2.45, 2.75) is 63.1 Å². The second kappa shape index (κ2) is 11.0. The third-order valence-corrected chi connectivity index (χ3v) is 6.50. The first-order chi connectivity index (χ1) is 14.1. The molecule has 1 aliphatic rings. The highest BCUT2D eigenvalue weighted by Crippen LogP contribution is 2.41. The van der Waals surface area contributed by atoms with Crippen molar-refractivity contribution in [1.29, 1.82) is 0 Å². The van der Waals surface area contributed by atoms with Crippen LogP contribution in [0.15, 0.2) is 47.1 Å². The zero-order valence-electron chi connectivity index (χ0n) is 17.4. The van der Waals surface area contributed by atoms with Crippen LogP contribution in [0.2, 0.25) is 0 Å². The van der Waals surface area contributed by atoms with Crippen molar-refractivity contribution in [3.63, 3.8) is 0 Å². The molecule has 0 saturated heterocycles. The fourth-order valence-electron chi connectivity index (χ4n) is 4.34. The third kappa shape index (κ3) is 5.99. The maximum absolute atomic E-state index is 14.6. The first kappa shape index (κ1) is 22.2. The molecule has 1 aliphatic carbocycles. The van der Waals surface area contributed by atoms with Gasteiger partial charge in [-0.05, 0) is 61.4 Å². The Balaban J connectivity index is 1.53. The summed E-state index contributed by atoms with van der Waals surface area (Å²) in [5.41, 5.74) is 1.15. The number of hydrogen-bond acceptors (Lipinski definition) is 3. The largest absolute Gasteiger partial charge is 0.493 e. The second-order valence-electron chi connectivity index (χ2n) is 7.96. The summed E-state index contributed by atoms with van der Waals surface area (Å²) in [7, 11) is 1.74. The zero-order chi connectivity index (χ0) is 20.6. The van der Waals surface area contributed by atoms with E-state index in [9.17, 15) is 4.39 Å². The van der Waals surface area contributed by atoms with Crippen LogP contribution in [0.5, 0.6) is 5.75 Å². The maximum atomic E-state index is 14.6. The summed E-state index contributed by atoms with van der Waals surface area (Å²) in [5, 5.41) is -0.180. The van der Waals surface area contributed by atoms with E-state index >= 15 is 0 Å². The van der Waals surface area contributed by atoms with Gasteiger partial charge in [-0.25, -0.2) is 4.39 Å². The number of alkyl halides is 2. The Hall–Kier alpha value is -1.52. The smallest absolute Gasteiger partial charge is 0.119 e. The summed E-state index contributed by atoms with van der Waals surface area (Å²) in [5.74, 6) is 1.70. The van der Waals surface area contributed by atoms with E-state index in [0.29, 0.717) is 13.0 Å². The van der Waals surface area contributed by atoms with E-state index in [4.69, 9.17) is 25.5 Å². The van der Waals surface area contributed by atoms with Crippen LogP contribution in [0, 0.1) is 11.8 Å². The molecule has 1 heterocycles. The third-order valence-electron chi connectivity index (χ3n) is 6.00. The van der Waals surface area contributed by atoms with Gasteiger partial charge in [0.05, 0.1) is 19.0 Å². The van der Waals surface area contributed by atoms with Gasteiger partial charge in [0, 0.05) is 24.8 Å². The Labute approximate surface area is 178 Å². The number of rotatable bonds is 11. The maximum Gasteiger partial charge on any atom is 0.119 e. The highest BCUT2D eigenvalue weighted by Gasteiger charge is 2.42. The Morgan fingerprint density at radius 1 is 1.21 bits per heavy atom. The topological polar surface area (TPSA) is 31.6 Å². The molecule has 0 aliphatic heterocycles. The van der Waals surface area contributed by atoms with Crippen LogP contribution in [-0.2, 0) is 11.2 Å². The molecule has 0 radical (unpaired) electrons. The summed E-state index contributed by atoms with van der Waals surface area (Å²) >= 11 is 6.48. The van der Waals surface area contributed by atoms with E-state index in [1.54, 1.807) is 13.4 Å². The van der Waals surface area contributed by atoms with Crippen molar-refractivity contribution >= 4 is 11.6 Å². The molecule has 0 spiro atoms. The fourth-order valence-corrected chi connectivity index (χ4v) is 4.77. The molecule has 0 bridgehead atoms. The van der Waals surface area contributed by atoms with E-state index in [0.717, 1.165) is 49.2 Å². The molecule has 0 N–H and O–H groups in total. The monoisotopic (exact) mass is 422 g/mol. The van der Waals surface area contributed by atoms with Crippen LogP contribution in [0.25, 0.3) is 0 Å². The van der Waals surface area contributed by atoms with E-state index in [2.05, 4.69) is 6.92 Å². The lowest BCUT2D eigenvalue weighted by Crippen LogP contribution is -2.25. The number of hydrogen-bond donors (Lipinski definition) is 0. The van der Waals surface area contributed by atoms with Crippen LogP contribution < -0.4 is 4.74 Å². The Kier molecular flexibility index (Phi) is 8.43. The van der Waals surface area contributed by atoms with Crippen molar-refractivity contribution in [2.24, 2.45) is 11.8 Å². The summed E-state index contributed by atoms with van der Waals surface area (Å²) < 4.78 is 31.5. The van der Waals surface area contributed by atoms with Crippen molar-refractivity contribution in [1.82, 2.24) is 0 Å². The lowest BCUT2D eigenvalue weighted by molar-refractivity contribution is 0.0949. The number of benzene rings is 1. The van der Waals surface area contributed by atoms with Gasteiger partial charge in [0.25, 0.3) is 0 Å². The number of halogens is 2. The van der Waals surface area contributed by atoms with Gasteiger partial charge in [-0.2, -0.15) is 0 Å². The van der Waals surface area contributed by atoms with Crippen LogP contribution in [0.1, 0.15) is 56.5 Å². The molecular formula is C24H32ClFO3. The first-order valence-corrected chi connectivity index (χ1v) is 11.1. The van der Waals surface area contributed by atoms with Crippen LogP contribution in [0.4, 0.5) is 4.39 Å². The summed E-state index contributed by atoms with van der Waals surface area (Å²) in [6.45, 7) is 2.60. The van der Waals surface area contributed by atoms with Gasteiger partial charge >= 0.3 is 0 Å². The number of aryl methyl sites for hydroxylation is 1. The summed E-state index contributed by atoms with van der Waals surface area (Å²) in [4.78, 5) is 0. The standard InChI is InChI=1S/C24H32ClFO3/c1-3-6-24(27-2)17-10-12-19(13-11-17)29-16-21-20(23(26)15-22(21)25)9-4-7-18-8-5-14-28-18/h5,8,10-14,20-24H,3-4,6-7,9,15-16H2,1-2H3/t20-,21-,22?,23?,24?/m1/s1. The lowest BCUT2D eigenvalue weighted by Gasteiger charge is -2.23. The molecule has 3 rings (SSSR count). The molecule has 29 heavy (non-hydrogen) atoms. The molecule has 3 nitrogen and oxygen atoms in total. The van der Waals surface area contributed by atoms with Crippen LogP contribution in [-0.4, -0.2) is 25.3 Å². The SMILES string of the molecule is CCCC(OC)c1ccc(OC[C@H]2C(Cl)CC(F)[C@@H]2CCCc2ccco2)cc1. The average molecular weight is 423 g/mol. The highest BCUT2D eigenvalue weighted by atomic mass is 35.5. The summed E-state index contributed by atoms with van der Waals surface area (Å²) in [6.07, 6.45) is 5.92. The van der Waals surface area contributed by atoms with E-state index in [-0.39, 0.29) is 23.3 Å². The van der Waals surface area contributed by atoms with Gasteiger partial charge in [0.1, 0.15) is 17.7 Å². The molecule has 1 aromatic carbocycles. The van der Waals surface area contributed by atoms with E-state index in [1.807, 2.05) is 36.4 Å². The molecular weight excluding hydrogens is 391 g/mol. The average Bonchev–Trinajstić information content (AvgIpc) is 3.33. The minimum Gasteiger partial charge on any atom is -0.493 e. The van der Waals surface area contributed by atoms with Crippen molar-refractivity contribution < 1.29 is 18.3 Å². The van der Waals surface area contributed by atoms with Gasteiger partial charge in [-0.1, -0.05) is 25.5 Å². The number of methoxy groups -OCH3 is 1. The fraction of sp³-hybridized carbons (Fsp3) is 0.583. The molecule has 5 atom stereocenters. The lowest BCUT2D eigenvalue weighted by atomic mass is 9.90. The van der Waals surface area contributed by atoms with Crippen LogP contribution in [0.3, 0.4) is 0 Å². The van der Waals surface area contributed by atoms with E-state index < -0.39 is 6.17 Å². The van der Waals surface area contributed by atoms with Gasteiger partial charge in [0.15, 0.2) is 0 Å². The Morgan fingerprint density at radius 3 is 2.66 bits per heavy atom. The second-order valence-corrected chi connectivity index (χ2v) is 8.52. The first-order valence-electron chi connectivity index (χ1n) is 10.7. The molecule has 1 saturated carbocycles. The summed E-state index contributed by atoms with van der Waals surface area (Å²) in [6, 6.07) is 11.9. The Bertz CT molecular complexity index is 703. The molecule has 2 aromatic rings. The van der Waals surface area contributed by atoms with Crippen molar-refractivity contribution in [3.05, 3.63) is 54.0 Å². The molecule has 1 fully saturated rings. The molecule has 3 unspecified atom stereocenters. The zero-order valence-corrected chi connectivity index (χ0v) is 18.1.